The number of rotatable bonds is 3. The molecule has 1 rings (SSSR count). The van der Waals surface area contributed by atoms with Crippen LogP contribution in [0.1, 0.15) is 23.4 Å². The number of hydrogen-bond donors (Lipinski definition) is 1. The third-order valence-corrected chi connectivity index (χ3v) is 1.93. The summed E-state index contributed by atoms with van der Waals surface area (Å²) in [5.41, 5.74) is 5.84. The molecular weight excluding hydrogens is 190 g/mol. The second-order valence-corrected chi connectivity index (χ2v) is 2.83. The summed E-state index contributed by atoms with van der Waals surface area (Å²) < 4.78 is 29.9. The third-order valence-electron chi connectivity index (χ3n) is 1.93. The van der Waals surface area contributed by atoms with E-state index in [-0.39, 0.29) is 12.2 Å². The number of nitrogens with two attached hydrogens (primary N) is 1. The van der Waals surface area contributed by atoms with Gasteiger partial charge in [-0.05, 0) is 18.6 Å². The van der Waals surface area contributed by atoms with Crippen LogP contribution in [0.4, 0.5) is 8.78 Å². The first kappa shape index (κ1) is 10.8. The Kier molecular flexibility index (Phi) is 3.35. The molecule has 0 saturated heterocycles. The second-order valence-electron chi connectivity index (χ2n) is 2.83. The Morgan fingerprint density at radius 2 is 2.21 bits per heavy atom. The summed E-state index contributed by atoms with van der Waals surface area (Å²) in [7, 11) is 1.46. The number of nitrogens with zero attached hydrogens (tertiary/aromatic N) is 1. The van der Waals surface area contributed by atoms with Gasteiger partial charge in [0.05, 0.1) is 12.8 Å². The van der Waals surface area contributed by atoms with Gasteiger partial charge in [-0.15, -0.1) is 0 Å². The minimum absolute atomic E-state index is 0.0311. The fraction of sp³-hybridized carbons (Fsp3) is 0.444. The third kappa shape index (κ3) is 1.98. The monoisotopic (exact) mass is 202 g/mol. The van der Waals surface area contributed by atoms with Gasteiger partial charge in [0.2, 0.25) is 0 Å². The maximum atomic E-state index is 12.5. The van der Waals surface area contributed by atoms with Gasteiger partial charge in [0, 0.05) is 6.54 Å². The molecule has 3 nitrogen and oxygen atoms in total. The van der Waals surface area contributed by atoms with Crippen molar-refractivity contribution >= 4 is 0 Å². The van der Waals surface area contributed by atoms with E-state index in [4.69, 9.17) is 10.5 Å². The molecule has 0 radical (unpaired) electrons. The maximum Gasteiger partial charge on any atom is 0.280 e. The summed E-state index contributed by atoms with van der Waals surface area (Å²) in [6, 6.07) is 1.50. The lowest BCUT2D eigenvalue weighted by atomic mass is 10.1. The first-order valence-corrected chi connectivity index (χ1v) is 4.12. The lowest BCUT2D eigenvalue weighted by molar-refractivity contribution is 0.144. The molecule has 0 spiro atoms. The van der Waals surface area contributed by atoms with Crippen LogP contribution in [0.2, 0.25) is 0 Å². The molecule has 1 aromatic heterocycles. The van der Waals surface area contributed by atoms with Gasteiger partial charge in [0.1, 0.15) is 11.4 Å². The number of alkyl halides is 2. The Morgan fingerprint density at radius 1 is 1.57 bits per heavy atom. The zero-order chi connectivity index (χ0) is 10.7. The predicted molar refractivity (Wildman–Crippen MR) is 48.4 cm³/mol. The fourth-order valence-electron chi connectivity index (χ4n) is 1.20. The van der Waals surface area contributed by atoms with Gasteiger partial charge in [-0.3, -0.25) is 0 Å². The van der Waals surface area contributed by atoms with Crippen LogP contribution in [0.3, 0.4) is 0 Å². The minimum atomic E-state index is -2.60. The summed E-state index contributed by atoms with van der Waals surface area (Å²) in [4.78, 5) is 3.76. The molecule has 0 aliphatic heterocycles. The van der Waals surface area contributed by atoms with Crippen LogP contribution in [0, 0.1) is 6.92 Å². The molecule has 0 atom stereocenters. The van der Waals surface area contributed by atoms with E-state index in [0.717, 1.165) is 0 Å². The average Bonchev–Trinajstić information content (AvgIpc) is 2.17. The van der Waals surface area contributed by atoms with Gasteiger partial charge in [-0.1, -0.05) is 0 Å². The van der Waals surface area contributed by atoms with Crippen molar-refractivity contribution in [3.63, 3.8) is 0 Å². The summed E-state index contributed by atoms with van der Waals surface area (Å²) in [5.74, 6) is 0.481. The zero-order valence-corrected chi connectivity index (χ0v) is 8.05. The molecule has 2 N–H and O–H groups in total. The van der Waals surface area contributed by atoms with Crippen LogP contribution in [-0.2, 0) is 6.54 Å². The molecule has 1 heterocycles. The van der Waals surface area contributed by atoms with Gasteiger partial charge in [0.25, 0.3) is 6.43 Å². The maximum absolute atomic E-state index is 12.5. The van der Waals surface area contributed by atoms with E-state index in [9.17, 15) is 8.78 Å². The van der Waals surface area contributed by atoms with Crippen molar-refractivity contribution in [2.24, 2.45) is 5.73 Å². The van der Waals surface area contributed by atoms with Crippen LogP contribution in [-0.4, -0.2) is 12.1 Å². The van der Waals surface area contributed by atoms with E-state index in [1.54, 1.807) is 6.92 Å². The average molecular weight is 202 g/mol. The topological polar surface area (TPSA) is 48.1 Å². The number of ether oxygens (including phenoxy) is 1. The highest BCUT2D eigenvalue weighted by molar-refractivity contribution is 5.35. The van der Waals surface area contributed by atoms with Crippen molar-refractivity contribution in [2.45, 2.75) is 19.9 Å². The van der Waals surface area contributed by atoms with Crippen LogP contribution in [0.5, 0.6) is 5.75 Å². The normalized spacial score (nSPS) is 10.7. The molecule has 5 heteroatoms. The molecule has 0 aliphatic rings. The highest BCUT2D eigenvalue weighted by atomic mass is 19.3. The summed E-state index contributed by atoms with van der Waals surface area (Å²) in [6.07, 6.45) is -2.60. The summed E-state index contributed by atoms with van der Waals surface area (Å²) >= 11 is 0. The van der Waals surface area contributed by atoms with E-state index < -0.39 is 6.43 Å². The van der Waals surface area contributed by atoms with Crippen molar-refractivity contribution < 1.29 is 13.5 Å². The number of methoxy groups -OCH3 is 1. The Labute approximate surface area is 80.9 Å². The predicted octanol–water partition coefficient (Wildman–Crippen LogP) is 1.79. The van der Waals surface area contributed by atoms with Crippen molar-refractivity contribution in [1.29, 1.82) is 0 Å². The second kappa shape index (κ2) is 4.32. The Bertz CT molecular complexity index is 329. The number of pyridine rings is 1. The number of aryl methyl sites for hydroxylation is 1. The minimum Gasteiger partial charge on any atom is -0.495 e. The Balaban J connectivity index is 3.24. The molecular formula is C9H12F2N2O. The quantitative estimate of drug-likeness (QED) is 0.812. The Morgan fingerprint density at radius 3 is 2.64 bits per heavy atom. The molecule has 1 aromatic rings. The van der Waals surface area contributed by atoms with Crippen LogP contribution < -0.4 is 10.5 Å². The highest BCUT2D eigenvalue weighted by Crippen LogP contribution is 2.26. The zero-order valence-electron chi connectivity index (χ0n) is 8.05. The number of halogens is 2. The van der Waals surface area contributed by atoms with Gasteiger partial charge >= 0.3 is 0 Å². The molecule has 0 bridgehead atoms. The fourth-order valence-corrected chi connectivity index (χ4v) is 1.20. The van der Waals surface area contributed by atoms with E-state index in [2.05, 4.69) is 4.98 Å². The van der Waals surface area contributed by atoms with Crippen molar-refractivity contribution in [2.75, 3.05) is 7.11 Å². The van der Waals surface area contributed by atoms with E-state index >= 15 is 0 Å². The van der Waals surface area contributed by atoms with Crippen molar-refractivity contribution in [1.82, 2.24) is 4.98 Å². The molecule has 14 heavy (non-hydrogen) atoms. The number of hydrogen-bond acceptors (Lipinski definition) is 3. The first-order valence-electron chi connectivity index (χ1n) is 4.12. The van der Waals surface area contributed by atoms with Gasteiger partial charge in [-0.2, -0.15) is 0 Å². The lowest BCUT2D eigenvalue weighted by Crippen LogP contribution is -2.06. The van der Waals surface area contributed by atoms with Gasteiger partial charge in [0.15, 0.2) is 0 Å². The lowest BCUT2D eigenvalue weighted by Gasteiger charge is -2.10. The largest absolute Gasteiger partial charge is 0.495 e. The van der Waals surface area contributed by atoms with Crippen LogP contribution in [0.25, 0.3) is 0 Å². The summed E-state index contributed by atoms with van der Waals surface area (Å²) in [6.45, 7) is 1.65. The van der Waals surface area contributed by atoms with E-state index in [1.165, 1.54) is 13.2 Å². The van der Waals surface area contributed by atoms with Gasteiger partial charge in [-0.25, -0.2) is 13.8 Å². The molecule has 0 unspecified atom stereocenters. The molecule has 0 fully saturated rings. The van der Waals surface area contributed by atoms with Crippen molar-refractivity contribution in [3.8, 4) is 5.75 Å². The standard InChI is InChI=1S/C9H12F2N2O/c1-5-7(14-2)3-6(4-12)8(13-5)9(10)11/h3,9H,4,12H2,1-2H3. The van der Waals surface area contributed by atoms with Crippen LogP contribution in [0.15, 0.2) is 6.07 Å². The SMILES string of the molecule is COc1cc(CN)c(C(F)F)nc1C. The van der Waals surface area contributed by atoms with Gasteiger partial charge < -0.3 is 10.5 Å². The van der Waals surface area contributed by atoms with E-state index in [0.29, 0.717) is 17.0 Å². The molecule has 0 aliphatic carbocycles. The molecule has 78 valence electrons. The molecule has 0 aromatic carbocycles. The van der Waals surface area contributed by atoms with E-state index in [1.807, 2.05) is 0 Å². The Hall–Kier alpha value is -1.23. The molecule has 0 amide bonds. The van der Waals surface area contributed by atoms with Crippen molar-refractivity contribution in [3.05, 3.63) is 23.0 Å². The summed E-state index contributed by atoms with van der Waals surface area (Å²) in [5, 5.41) is 0. The molecule has 0 saturated carbocycles. The van der Waals surface area contributed by atoms with Crippen LogP contribution >= 0.6 is 0 Å². The number of aromatic nitrogens is 1. The smallest absolute Gasteiger partial charge is 0.280 e. The highest BCUT2D eigenvalue weighted by Gasteiger charge is 2.16. The first-order chi connectivity index (χ1) is 6.60.